The molecular formula is C20H24N4O2S. The van der Waals surface area contributed by atoms with Crippen molar-refractivity contribution in [3.05, 3.63) is 52.1 Å². The predicted molar refractivity (Wildman–Crippen MR) is 111 cm³/mol. The van der Waals surface area contributed by atoms with Crippen LogP contribution in [0.3, 0.4) is 0 Å². The summed E-state index contributed by atoms with van der Waals surface area (Å²) in [6.07, 6.45) is 5.61. The number of thioether (sulfide) groups is 1. The number of carbonyl (C=O) groups is 1. The van der Waals surface area contributed by atoms with Crippen LogP contribution in [0.5, 0.6) is 0 Å². The molecule has 0 aliphatic carbocycles. The lowest BCUT2D eigenvalue weighted by atomic mass is 10.1. The molecule has 3 rings (SSSR count). The molecule has 1 amide bonds. The van der Waals surface area contributed by atoms with Crippen molar-refractivity contribution in [3.8, 4) is 0 Å². The number of nitrogens with zero attached hydrogens (tertiary/aromatic N) is 2. The summed E-state index contributed by atoms with van der Waals surface area (Å²) in [6, 6.07) is 7.98. The predicted octanol–water partition coefficient (Wildman–Crippen LogP) is 3.74. The van der Waals surface area contributed by atoms with Gasteiger partial charge in [-0.05, 0) is 50.3 Å². The first-order valence-corrected chi connectivity index (χ1v) is 10.3. The number of hydrogen-bond donors (Lipinski definition) is 2. The molecule has 142 valence electrons. The van der Waals surface area contributed by atoms with Crippen LogP contribution in [0, 0.1) is 6.92 Å². The molecule has 0 aliphatic heterocycles. The van der Waals surface area contributed by atoms with Crippen LogP contribution in [0.1, 0.15) is 31.0 Å². The number of fused-ring (bicyclic) bond motifs is 1. The molecule has 0 saturated heterocycles. The fraction of sp³-hybridized carbons (Fsp3) is 0.350. The van der Waals surface area contributed by atoms with Crippen molar-refractivity contribution in [1.82, 2.24) is 14.5 Å². The molecule has 0 bridgehead atoms. The monoisotopic (exact) mass is 384 g/mol. The van der Waals surface area contributed by atoms with E-state index in [1.807, 2.05) is 24.5 Å². The zero-order chi connectivity index (χ0) is 19.4. The summed E-state index contributed by atoms with van der Waals surface area (Å²) in [5.74, 6) is -0.116. The molecule has 0 unspecified atom stereocenters. The molecule has 0 saturated carbocycles. The molecule has 0 spiro atoms. The number of aromatic nitrogens is 3. The van der Waals surface area contributed by atoms with Crippen molar-refractivity contribution in [1.29, 1.82) is 0 Å². The van der Waals surface area contributed by atoms with Gasteiger partial charge in [-0.3, -0.25) is 9.59 Å². The number of nitrogens with one attached hydrogen (secondary N) is 2. The van der Waals surface area contributed by atoms with Gasteiger partial charge in [-0.1, -0.05) is 18.7 Å². The third kappa shape index (κ3) is 4.42. The van der Waals surface area contributed by atoms with Crippen LogP contribution in [0.15, 0.2) is 40.4 Å². The maximum absolute atomic E-state index is 12.3. The molecule has 7 heteroatoms. The van der Waals surface area contributed by atoms with Gasteiger partial charge >= 0.3 is 0 Å². The molecule has 27 heavy (non-hydrogen) atoms. The summed E-state index contributed by atoms with van der Waals surface area (Å²) in [6.45, 7) is 4.93. The first-order chi connectivity index (χ1) is 13.0. The zero-order valence-electron chi connectivity index (χ0n) is 15.8. The number of anilines is 1. The molecular weight excluding hydrogens is 360 g/mol. The van der Waals surface area contributed by atoms with Gasteiger partial charge < -0.3 is 14.9 Å². The van der Waals surface area contributed by atoms with Crippen molar-refractivity contribution in [3.63, 3.8) is 0 Å². The van der Waals surface area contributed by atoms with Crippen LogP contribution in [0.2, 0.25) is 0 Å². The molecule has 2 aromatic heterocycles. The molecule has 6 nitrogen and oxygen atoms in total. The van der Waals surface area contributed by atoms with Gasteiger partial charge in [0.2, 0.25) is 5.91 Å². The van der Waals surface area contributed by atoms with Gasteiger partial charge in [-0.2, -0.15) is 0 Å². The molecule has 3 aromatic rings. The Balaban J connectivity index is 1.66. The average molecular weight is 385 g/mol. The number of H-pyrrole nitrogens is 1. The molecule has 0 atom stereocenters. The van der Waals surface area contributed by atoms with Crippen molar-refractivity contribution >= 4 is 34.3 Å². The van der Waals surface area contributed by atoms with Crippen molar-refractivity contribution in [2.75, 3.05) is 11.6 Å². The quantitative estimate of drug-likeness (QED) is 0.480. The summed E-state index contributed by atoms with van der Waals surface area (Å²) in [4.78, 5) is 31.5. The van der Waals surface area contributed by atoms with Crippen molar-refractivity contribution < 1.29 is 4.79 Å². The van der Waals surface area contributed by atoms with Crippen LogP contribution in [-0.4, -0.2) is 26.7 Å². The van der Waals surface area contributed by atoms with E-state index in [1.165, 1.54) is 11.8 Å². The maximum Gasteiger partial charge on any atom is 0.254 e. The van der Waals surface area contributed by atoms with Gasteiger partial charge in [0, 0.05) is 47.0 Å². The van der Waals surface area contributed by atoms with E-state index in [-0.39, 0.29) is 17.9 Å². The van der Waals surface area contributed by atoms with Gasteiger partial charge in [0.05, 0.1) is 0 Å². The Labute approximate surface area is 162 Å². The smallest absolute Gasteiger partial charge is 0.254 e. The van der Waals surface area contributed by atoms with E-state index in [0.29, 0.717) is 22.8 Å². The van der Waals surface area contributed by atoms with Gasteiger partial charge in [0.25, 0.3) is 5.56 Å². The minimum atomic E-state index is -0.168. The minimum absolute atomic E-state index is 0.116. The normalized spacial score (nSPS) is 11.1. The maximum atomic E-state index is 12.3. The topological polar surface area (TPSA) is 79.8 Å². The first kappa shape index (κ1) is 19.2. The summed E-state index contributed by atoms with van der Waals surface area (Å²) in [7, 11) is 0. The number of benzene rings is 1. The first-order valence-electron chi connectivity index (χ1n) is 9.04. The molecule has 1 aromatic carbocycles. The van der Waals surface area contributed by atoms with E-state index in [0.717, 1.165) is 29.6 Å². The highest BCUT2D eigenvalue weighted by atomic mass is 32.2. The molecule has 2 N–H and O–H groups in total. The number of amides is 1. The van der Waals surface area contributed by atoms with Gasteiger partial charge in [-0.15, -0.1) is 0 Å². The number of hydrogen-bond acceptors (Lipinski definition) is 4. The molecule has 0 fully saturated rings. The summed E-state index contributed by atoms with van der Waals surface area (Å²) < 4.78 is 2.21. The third-order valence-corrected chi connectivity index (χ3v) is 5.10. The highest BCUT2D eigenvalue weighted by Crippen LogP contribution is 2.21. The highest BCUT2D eigenvalue weighted by Gasteiger charge is 2.11. The highest BCUT2D eigenvalue weighted by molar-refractivity contribution is 7.98. The van der Waals surface area contributed by atoms with Crippen LogP contribution in [-0.2, 0) is 17.8 Å². The van der Waals surface area contributed by atoms with E-state index in [9.17, 15) is 9.59 Å². The molecule has 2 heterocycles. The van der Waals surface area contributed by atoms with E-state index in [2.05, 4.69) is 39.0 Å². The second-order valence-electron chi connectivity index (χ2n) is 6.47. The largest absolute Gasteiger partial charge is 0.347 e. The zero-order valence-corrected chi connectivity index (χ0v) is 16.7. The summed E-state index contributed by atoms with van der Waals surface area (Å²) >= 11 is 1.39. The lowest BCUT2D eigenvalue weighted by Gasteiger charge is -2.08. The van der Waals surface area contributed by atoms with Gasteiger partial charge in [-0.25, -0.2) is 4.98 Å². The molecule has 0 radical (unpaired) electrons. The van der Waals surface area contributed by atoms with Crippen LogP contribution >= 0.6 is 11.8 Å². The third-order valence-electron chi connectivity index (χ3n) is 4.52. The van der Waals surface area contributed by atoms with E-state index in [4.69, 9.17) is 0 Å². The van der Waals surface area contributed by atoms with Gasteiger partial charge in [0.15, 0.2) is 5.16 Å². The van der Waals surface area contributed by atoms with Crippen LogP contribution in [0.4, 0.5) is 5.69 Å². The Morgan fingerprint density at radius 3 is 2.85 bits per heavy atom. The fourth-order valence-electron chi connectivity index (χ4n) is 3.15. The van der Waals surface area contributed by atoms with Crippen LogP contribution in [0.25, 0.3) is 10.9 Å². The molecule has 0 aliphatic rings. The number of aryl methyl sites for hydroxylation is 2. The Morgan fingerprint density at radius 2 is 2.15 bits per heavy atom. The average Bonchev–Trinajstić information content (AvgIpc) is 3.03. The standard InChI is InChI=1S/C20H24N4O2S/c1-4-10-24-11-9-14-12-15(5-7-17(14)24)22-18(25)8-6-16-13(2)21-20(27-3)23-19(16)26/h5,7,9,11-12H,4,6,8,10H2,1-3H3,(H,22,25)(H,21,23,26). The number of rotatable bonds is 7. The Morgan fingerprint density at radius 1 is 1.33 bits per heavy atom. The fourth-order valence-corrected chi connectivity index (χ4v) is 3.57. The van der Waals surface area contributed by atoms with Crippen molar-refractivity contribution in [2.45, 2.75) is 44.8 Å². The second kappa shape index (κ2) is 8.43. The van der Waals surface area contributed by atoms with E-state index < -0.39 is 0 Å². The van der Waals surface area contributed by atoms with E-state index in [1.54, 1.807) is 6.92 Å². The SMILES string of the molecule is CCCn1ccc2cc(NC(=O)CCc3c(C)nc(SC)[nH]c3=O)ccc21. The Bertz CT molecular complexity index is 1020. The minimum Gasteiger partial charge on any atom is -0.347 e. The number of carbonyl (C=O) groups excluding carboxylic acids is 1. The number of aromatic amines is 1. The Hall–Kier alpha value is -2.54. The lowest BCUT2D eigenvalue weighted by molar-refractivity contribution is -0.116. The lowest BCUT2D eigenvalue weighted by Crippen LogP contribution is -2.20. The summed E-state index contributed by atoms with van der Waals surface area (Å²) in [5.41, 5.74) is 3.00. The summed E-state index contributed by atoms with van der Waals surface area (Å²) in [5, 5.41) is 4.62. The Kier molecular flexibility index (Phi) is 6.01. The second-order valence-corrected chi connectivity index (χ2v) is 7.27. The van der Waals surface area contributed by atoms with E-state index >= 15 is 0 Å². The van der Waals surface area contributed by atoms with Gasteiger partial charge in [0.1, 0.15) is 0 Å². The van der Waals surface area contributed by atoms with Crippen molar-refractivity contribution in [2.24, 2.45) is 0 Å². The van der Waals surface area contributed by atoms with Crippen LogP contribution < -0.4 is 10.9 Å².